The lowest BCUT2D eigenvalue weighted by atomic mass is 11.0. The average molecular weight is 133 g/mol. The molecule has 0 aromatic carbocycles. The SMILES string of the molecule is CCSC(=NC)NN. The van der Waals surface area contributed by atoms with E-state index in [2.05, 4.69) is 10.4 Å². The molecule has 0 aliphatic carbocycles. The third-order valence-electron chi connectivity index (χ3n) is 0.608. The van der Waals surface area contributed by atoms with E-state index in [4.69, 9.17) is 5.84 Å². The molecule has 4 heteroatoms. The van der Waals surface area contributed by atoms with Gasteiger partial charge in [0.25, 0.3) is 0 Å². The Labute approximate surface area is 53.7 Å². The largest absolute Gasteiger partial charge is 0.303 e. The molecule has 0 atom stereocenters. The molecule has 0 fully saturated rings. The minimum atomic E-state index is 0.785. The van der Waals surface area contributed by atoms with Gasteiger partial charge in [-0.1, -0.05) is 18.7 Å². The van der Waals surface area contributed by atoms with E-state index < -0.39 is 0 Å². The Morgan fingerprint density at radius 1 is 1.88 bits per heavy atom. The van der Waals surface area contributed by atoms with Gasteiger partial charge >= 0.3 is 0 Å². The van der Waals surface area contributed by atoms with E-state index in [9.17, 15) is 0 Å². The fourth-order valence-electron chi connectivity index (χ4n) is 0.307. The van der Waals surface area contributed by atoms with Crippen molar-refractivity contribution in [2.45, 2.75) is 6.92 Å². The molecule has 0 saturated heterocycles. The van der Waals surface area contributed by atoms with Crippen LogP contribution >= 0.6 is 11.8 Å². The Hall–Kier alpha value is -0.220. The molecule has 0 aliphatic rings. The van der Waals surface area contributed by atoms with Crippen molar-refractivity contribution >= 4 is 16.9 Å². The van der Waals surface area contributed by atoms with E-state index in [0.29, 0.717) is 0 Å². The number of nitrogens with two attached hydrogens (primary N) is 1. The topological polar surface area (TPSA) is 50.4 Å². The van der Waals surface area contributed by atoms with Crippen molar-refractivity contribution in [3.63, 3.8) is 0 Å². The molecule has 0 bridgehead atoms. The number of amidine groups is 1. The van der Waals surface area contributed by atoms with Crippen molar-refractivity contribution in [2.75, 3.05) is 12.8 Å². The summed E-state index contributed by atoms with van der Waals surface area (Å²) in [4.78, 5) is 3.84. The Balaban J connectivity index is 3.38. The molecular weight excluding hydrogens is 122 g/mol. The molecule has 0 rings (SSSR count). The van der Waals surface area contributed by atoms with Gasteiger partial charge in [-0.05, 0) is 5.75 Å². The van der Waals surface area contributed by atoms with Crippen LogP contribution in [0.15, 0.2) is 4.99 Å². The molecule has 0 aliphatic heterocycles. The lowest BCUT2D eigenvalue weighted by Gasteiger charge is -1.98. The van der Waals surface area contributed by atoms with Crippen molar-refractivity contribution in [1.29, 1.82) is 0 Å². The standard InChI is InChI=1S/C4H11N3S/c1-3-8-4(6-2)7-5/h3,5H2,1-2H3,(H,6,7). The zero-order chi connectivity index (χ0) is 6.41. The summed E-state index contributed by atoms with van der Waals surface area (Å²) in [6.45, 7) is 2.05. The molecule has 0 amide bonds. The molecule has 48 valence electrons. The van der Waals surface area contributed by atoms with E-state index in [1.165, 1.54) is 0 Å². The summed E-state index contributed by atoms with van der Waals surface area (Å²) in [6.07, 6.45) is 0. The predicted molar refractivity (Wildman–Crippen MR) is 38.8 cm³/mol. The molecular formula is C4H11N3S. The first-order valence-corrected chi connectivity index (χ1v) is 3.40. The second-order valence-electron chi connectivity index (χ2n) is 1.11. The van der Waals surface area contributed by atoms with Gasteiger partial charge in [-0.25, -0.2) is 5.84 Å². The molecule has 0 saturated carbocycles. The quantitative estimate of drug-likeness (QED) is 0.232. The fourth-order valence-corrected chi connectivity index (χ4v) is 0.793. The molecule has 0 heterocycles. The van der Waals surface area contributed by atoms with Gasteiger partial charge < -0.3 is 5.43 Å². The second-order valence-corrected chi connectivity index (χ2v) is 2.36. The Morgan fingerprint density at radius 2 is 2.50 bits per heavy atom. The number of rotatable bonds is 1. The summed E-state index contributed by atoms with van der Waals surface area (Å²) in [7, 11) is 1.71. The number of thioether (sulfide) groups is 1. The normalized spacial score (nSPS) is 11.6. The third-order valence-corrected chi connectivity index (χ3v) is 1.47. The minimum Gasteiger partial charge on any atom is -0.303 e. The van der Waals surface area contributed by atoms with Crippen LogP contribution in [-0.4, -0.2) is 18.0 Å². The summed E-state index contributed by atoms with van der Waals surface area (Å²) in [5, 5.41) is 0.785. The van der Waals surface area contributed by atoms with E-state index >= 15 is 0 Å². The highest BCUT2D eigenvalue weighted by Gasteiger charge is 1.88. The monoisotopic (exact) mass is 133 g/mol. The highest BCUT2D eigenvalue weighted by atomic mass is 32.2. The number of hydrazine groups is 1. The van der Waals surface area contributed by atoms with Crippen molar-refractivity contribution in [3.8, 4) is 0 Å². The Morgan fingerprint density at radius 3 is 2.62 bits per heavy atom. The fraction of sp³-hybridized carbons (Fsp3) is 0.750. The van der Waals surface area contributed by atoms with E-state index in [1.807, 2.05) is 6.92 Å². The molecule has 8 heavy (non-hydrogen) atoms. The van der Waals surface area contributed by atoms with Gasteiger partial charge in [0.15, 0.2) is 5.17 Å². The van der Waals surface area contributed by atoms with Crippen molar-refractivity contribution in [1.82, 2.24) is 5.43 Å². The summed E-state index contributed by atoms with van der Waals surface area (Å²) in [6, 6.07) is 0. The highest BCUT2D eigenvalue weighted by molar-refractivity contribution is 8.13. The van der Waals surface area contributed by atoms with Gasteiger partial charge in [0, 0.05) is 7.05 Å². The maximum Gasteiger partial charge on any atom is 0.170 e. The lowest BCUT2D eigenvalue weighted by Crippen LogP contribution is -2.27. The first kappa shape index (κ1) is 7.78. The summed E-state index contributed by atoms with van der Waals surface area (Å²) < 4.78 is 0. The van der Waals surface area contributed by atoms with Gasteiger partial charge in [0.2, 0.25) is 0 Å². The number of aliphatic imine (C=N–C) groups is 1. The van der Waals surface area contributed by atoms with Crippen molar-refractivity contribution < 1.29 is 0 Å². The lowest BCUT2D eigenvalue weighted by molar-refractivity contribution is 1.04. The van der Waals surface area contributed by atoms with Crippen LogP contribution in [0.1, 0.15) is 6.92 Å². The van der Waals surface area contributed by atoms with Crippen LogP contribution in [0.4, 0.5) is 0 Å². The van der Waals surface area contributed by atoms with Crippen LogP contribution in [-0.2, 0) is 0 Å². The average Bonchev–Trinajstić information content (AvgIpc) is 1.83. The molecule has 0 radical (unpaired) electrons. The third kappa shape index (κ3) is 2.87. The van der Waals surface area contributed by atoms with Gasteiger partial charge in [0.1, 0.15) is 0 Å². The van der Waals surface area contributed by atoms with Crippen LogP contribution in [0.25, 0.3) is 0 Å². The molecule has 0 spiro atoms. The zero-order valence-corrected chi connectivity index (χ0v) is 5.96. The maximum atomic E-state index is 5.07. The second kappa shape index (κ2) is 4.93. The van der Waals surface area contributed by atoms with Gasteiger partial charge in [-0.3, -0.25) is 4.99 Å². The van der Waals surface area contributed by atoms with Crippen LogP contribution in [0, 0.1) is 0 Å². The van der Waals surface area contributed by atoms with Crippen molar-refractivity contribution in [2.24, 2.45) is 10.8 Å². The Kier molecular flexibility index (Phi) is 4.79. The number of hydrogen-bond acceptors (Lipinski definition) is 3. The predicted octanol–water partition coefficient (Wildman–Crippen LogP) is 0.189. The van der Waals surface area contributed by atoms with Gasteiger partial charge in [-0.15, -0.1) is 0 Å². The van der Waals surface area contributed by atoms with Crippen molar-refractivity contribution in [3.05, 3.63) is 0 Å². The minimum absolute atomic E-state index is 0.785. The summed E-state index contributed by atoms with van der Waals surface area (Å²) >= 11 is 1.59. The molecule has 0 unspecified atom stereocenters. The van der Waals surface area contributed by atoms with E-state index in [1.54, 1.807) is 18.8 Å². The molecule has 0 aromatic rings. The van der Waals surface area contributed by atoms with Gasteiger partial charge in [0.05, 0.1) is 0 Å². The maximum absolute atomic E-state index is 5.07. The zero-order valence-electron chi connectivity index (χ0n) is 5.14. The number of hydrogen-bond donors (Lipinski definition) is 2. The smallest absolute Gasteiger partial charge is 0.170 e. The molecule has 3 nitrogen and oxygen atoms in total. The number of nitrogens with one attached hydrogen (secondary N) is 1. The van der Waals surface area contributed by atoms with E-state index in [-0.39, 0.29) is 0 Å². The first-order valence-electron chi connectivity index (χ1n) is 2.41. The Bertz CT molecular complexity index is 81.4. The first-order chi connectivity index (χ1) is 3.85. The van der Waals surface area contributed by atoms with Crippen LogP contribution in [0.5, 0.6) is 0 Å². The highest BCUT2D eigenvalue weighted by Crippen LogP contribution is 1.97. The number of nitrogens with zero attached hydrogens (tertiary/aromatic N) is 1. The van der Waals surface area contributed by atoms with Crippen LogP contribution in [0.3, 0.4) is 0 Å². The van der Waals surface area contributed by atoms with Gasteiger partial charge in [-0.2, -0.15) is 0 Å². The van der Waals surface area contributed by atoms with E-state index in [0.717, 1.165) is 10.9 Å². The van der Waals surface area contributed by atoms with Crippen LogP contribution in [0.2, 0.25) is 0 Å². The molecule has 0 aromatic heterocycles. The summed E-state index contributed by atoms with van der Waals surface area (Å²) in [5.41, 5.74) is 2.47. The molecule has 3 N–H and O–H groups in total. The van der Waals surface area contributed by atoms with Crippen LogP contribution < -0.4 is 11.3 Å². The summed E-state index contributed by atoms with van der Waals surface area (Å²) in [5.74, 6) is 6.06.